The topological polar surface area (TPSA) is 3.24 Å². The van der Waals surface area contributed by atoms with E-state index in [1.165, 1.54) is 90.1 Å². The van der Waals surface area contributed by atoms with E-state index in [9.17, 15) is 0 Å². The van der Waals surface area contributed by atoms with E-state index in [-0.39, 0.29) is 0 Å². The molecule has 0 amide bonds. The van der Waals surface area contributed by atoms with Crippen LogP contribution in [-0.4, -0.2) is 24.5 Å². The van der Waals surface area contributed by atoms with Gasteiger partial charge in [0.25, 0.3) is 0 Å². The Hall–Kier alpha value is -0.480. The van der Waals surface area contributed by atoms with Gasteiger partial charge in [-0.3, -0.25) is 4.90 Å². The Morgan fingerprint density at radius 1 is 0.545 bits per heavy atom. The highest BCUT2D eigenvalue weighted by molar-refractivity contribution is 5.01. The maximum Gasteiger partial charge on any atom is 0.0601 e. The van der Waals surface area contributed by atoms with Crippen LogP contribution in [0, 0.1) is 11.8 Å². The lowest BCUT2D eigenvalue weighted by Gasteiger charge is -2.19. The summed E-state index contributed by atoms with van der Waals surface area (Å²) in [7, 11) is 0. The van der Waals surface area contributed by atoms with Crippen LogP contribution >= 0.6 is 0 Å². The van der Waals surface area contributed by atoms with E-state index in [2.05, 4.69) is 37.5 Å². The first-order chi connectivity index (χ1) is 10.8. The summed E-state index contributed by atoms with van der Waals surface area (Å²) >= 11 is 0. The third-order valence-corrected chi connectivity index (χ3v) is 4.24. The standard InChI is InChI=1S/C21H41N/c1-4-7-10-13-16-19-22(20-17-14-11-8-5-2)21-18-15-12-9-6-3/h4-14,16-17,19-21H2,1-3H3. The predicted molar refractivity (Wildman–Crippen MR) is 101 cm³/mol. The van der Waals surface area contributed by atoms with Crippen molar-refractivity contribution in [3.63, 3.8) is 0 Å². The van der Waals surface area contributed by atoms with Crippen molar-refractivity contribution in [3.8, 4) is 11.8 Å². The molecule has 0 rings (SSSR count). The van der Waals surface area contributed by atoms with Gasteiger partial charge in [-0.15, -0.1) is 5.92 Å². The number of rotatable bonds is 15. The lowest BCUT2D eigenvalue weighted by Crippen LogP contribution is -2.26. The van der Waals surface area contributed by atoms with Crippen molar-refractivity contribution in [2.24, 2.45) is 0 Å². The SMILES string of the molecule is CCCCC#CCN(CCCCCCC)CCCCCCC. The van der Waals surface area contributed by atoms with E-state index in [1.807, 2.05) is 0 Å². The van der Waals surface area contributed by atoms with Crippen molar-refractivity contribution in [3.05, 3.63) is 0 Å². The first-order valence-corrected chi connectivity index (χ1v) is 10.0. The summed E-state index contributed by atoms with van der Waals surface area (Å²) in [6, 6.07) is 0. The fourth-order valence-electron chi connectivity index (χ4n) is 2.67. The van der Waals surface area contributed by atoms with Crippen molar-refractivity contribution < 1.29 is 0 Å². The minimum Gasteiger partial charge on any atom is -0.292 e. The monoisotopic (exact) mass is 307 g/mol. The van der Waals surface area contributed by atoms with Crippen LogP contribution in [0.3, 0.4) is 0 Å². The Morgan fingerprint density at radius 3 is 1.55 bits per heavy atom. The van der Waals surface area contributed by atoms with Gasteiger partial charge in [-0.1, -0.05) is 84.5 Å². The van der Waals surface area contributed by atoms with Gasteiger partial charge in [0.2, 0.25) is 0 Å². The fraction of sp³-hybridized carbons (Fsp3) is 0.905. The summed E-state index contributed by atoms with van der Waals surface area (Å²) in [6.07, 6.45) is 17.4. The molecule has 0 aromatic carbocycles. The predicted octanol–water partition coefficient (Wildman–Crippen LogP) is 6.42. The maximum atomic E-state index is 3.40. The first kappa shape index (κ1) is 21.5. The molecule has 0 bridgehead atoms. The van der Waals surface area contributed by atoms with Gasteiger partial charge >= 0.3 is 0 Å². The highest BCUT2D eigenvalue weighted by Gasteiger charge is 2.03. The average molecular weight is 308 g/mol. The Labute approximate surface area is 141 Å². The molecule has 0 spiro atoms. The lowest BCUT2D eigenvalue weighted by atomic mass is 10.1. The van der Waals surface area contributed by atoms with Gasteiger partial charge in [-0.05, 0) is 32.4 Å². The van der Waals surface area contributed by atoms with E-state index in [1.54, 1.807) is 0 Å². The van der Waals surface area contributed by atoms with Crippen LogP contribution in [0.15, 0.2) is 0 Å². The molecule has 1 heteroatoms. The zero-order valence-electron chi connectivity index (χ0n) is 15.8. The van der Waals surface area contributed by atoms with Gasteiger partial charge in [0.05, 0.1) is 6.54 Å². The summed E-state index contributed by atoms with van der Waals surface area (Å²) in [5.41, 5.74) is 0. The molecule has 0 saturated carbocycles. The maximum absolute atomic E-state index is 3.40. The molecule has 22 heavy (non-hydrogen) atoms. The van der Waals surface area contributed by atoms with Gasteiger partial charge < -0.3 is 0 Å². The molecule has 1 nitrogen and oxygen atoms in total. The molecular weight excluding hydrogens is 266 g/mol. The van der Waals surface area contributed by atoms with Crippen LogP contribution < -0.4 is 0 Å². The first-order valence-electron chi connectivity index (χ1n) is 10.0. The second-order valence-corrected chi connectivity index (χ2v) is 6.56. The molecule has 0 N–H and O–H groups in total. The van der Waals surface area contributed by atoms with Gasteiger partial charge in [0, 0.05) is 6.42 Å². The molecule has 0 fully saturated rings. The Balaban J connectivity index is 3.87. The normalized spacial score (nSPS) is 10.7. The molecule has 0 saturated heterocycles. The number of unbranched alkanes of at least 4 members (excludes halogenated alkanes) is 10. The number of hydrogen-bond donors (Lipinski definition) is 0. The van der Waals surface area contributed by atoms with Crippen LogP contribution in [0.1, 0.15) is 104 Å². The van der Waals surface area contributed by atoms with E-state index < -0.39 is 0 Å². The molecule has 0 radical (unpaired) electrons. The quantitative estimate of drug-likeness (QED) is 0.249. The van der Waals surface area contributed by atoms with Crippen LogP contribution in [-0.2, 0) is 0 Å². The van der Waals surface area contributed by atoms with Gasteiger partial charge in [-0.2, -0.15) is 0 Å². The van der Waals surface area contributed by atoms with Crippen LogP contribution in [0.5, 0.6) is 0 Å². The van der Waals surface area contributed by atoms with Crippen molar-refractivity contribution >= 4 is 0 Å². The lowest BCUT2D eigenvalue weighted by molar-refractivity contribution is 0.290. The summed E-state index contributed by atoms with van der Waals surface area (Å²) in [6.45, 7) is 10.3. The molecule has 0 aromatic rings. The second kappa shape index (κ2) is 18.6. The summed E-state index contributed by atoms with van der Waals surface area (Å²) < 4.78 is 0. The molecule has 0 aliphatic rings. The van der Waals surface area contributed by atoms with Gasteiger partial charge in [0.1, 0.15) is 0 Å². The highest BCUT2D eigenvalue weighted by Crippen LogP contribution is 2.07. The summed E-state index contributed by atoms with van der Waals surface area (Å²) in [4.78, 5) is 2.59. The molecule has 0 aliphatic heterocycles. The van der Waals surface area contributed by atoms with E-state index >= 15 is 0 Å². The molecule has 0 aliphatic carbocycles. The van der Waals surface area contributed by atoms with Crippen molar-refractivity contribution in [2.75, 3.05) is 19.6 Å². The molecule has 0 unspecified atom stereocenters. The Bertz CT molecular complexity index is 247. The number of nitrogens with zero attached hydrogens (tertiary/aromatic N) is 1. The summed E-state index contributed by atoms with van der Waals surface area (Å²) in [5.74, 6) is 6.75. The zero-order valence-corrected chi connectivity index (χ0v) is 15.8. The highest BCUT2D eigenvalue weighted by atomic mass is 15.1. The number of hydrogen-bond acceptors (Lipinski definition) is 1. The van der Waals surface area contributed by atoms with Crippen LogP contribution in [0.2, 0.25) is 0 Å². The summed E-state index contributed by atoms with van der Waals surface area (Å²) in [5, 5.41) is 0. The minimum absolute atomic E-state index is 0.991. The van der Waals surface area contributed by atoms with E-state index in [4.69, 9.17) is 0 Å². The third kappa shape index (κ3) is 15.9. The second-order valence-electron chi connectivity index (χ2n) is 6.56. The van der Waals surface area contributed by atoms with Gasteiger partial charge in [-0.25, -0.2) is 0 Å². The largest absolute Gasteiger partial charge is 0.292 e. The molecule has 0 heterocycles. The minimum atomic E-state index is 0.991. The molecule has 0 aromatic heterocycles. The molecule has 130 valence electrons. The van der Waals surface area contributed by atoms with Crippen molar-refractivity contribution in [1.29, 1.82) is 0 Å². The van der Waals surface area contributed by atoms with Crippen LogP contribution in [0.25, 0.3) is 0 Å². The van der Waals surface area contributed by atoms with Crippen molar-refractivity contribution in [2.45, 2.75) is 104 Å². The van der Waals surface area contributed by atoms with E-state index in [0.29, 0.717) is 0 Å². The zero-order chi connectivity index (χ0) is 16.3. The fourth-order valence-corrected chi connectivity index (χ4v) is 2.67. The third-order valence-electron chi connectivity index (χ3n) is 4.24. The average Bonchev–Trinajstić information content (AvgIpc) is 2.53. The smallest absolute Gasteiger partial charge is 0.0601 e. The Morgan fingerprint density at radius 2 is 1.05 bits per heavy atom. The van der Waals surface area contributed by atoms with Crippen molar-refractivity contribution in [1.82, 2.24) is 4.90 Å². The molecular formula is C21H41N. The van der Waals surface area contributed by atoms with E-state index in [0.717, 1.165) is 13.0 Å². The van der Waals surface area contributed by atoms with Gasteiger partial charge in [0.15, 0.2) is 0 Å². The molecule has 0 atom stereocenters. The Kier molecular flexibility index (Phi) is 18.2. The van der Waals surface area contributed by atoms with Crippen LogP contribution in [0.4, 0.5) is 0 Å².